The first-order valence-corrected chi connectivity index (χ1v) is 9.14. The minimum Gasteiger partial charge on any atom is -0.491 e. The van der Waals surface area contributed by atoms with Crippen molar-refractivity contribution >= 4 is 17.2 Å². The summed E-state index contributed by atoms with van der Waals surface area (Å²) >= 11 is 0. The lowest BCUT2D eigenvalue weighted by Gasteiger charge is -2.12. The van der Waals surface area contributed by atoms with Gasteiger partial charge in [-0.2, -0.15) is 0 Å². The molecule has 2 aromatic heterocycles. The van der Waals surface area contributed by atoms with Crippen LogP contribution in [0.25, 0.3) is 5.65 Å². The van der Waals surface area contributed by atoms with E-state index in [2.05, 4.69) is 24.1 Å². The number of rotatable bonds is 7. The predicted molar refractivity (Wildman–Crippen MR) is 104 cm³/mol. The Kier molecular flexibility index (Phi) is 5.56. The maximum Gasteiger partial charge on any atom is 0.274 e. The van der Waals surface area contributed by atoms with E-state index >= 15 is 0 Å². The SMILES string of the molecule is CCCOc1ccccc1NC(=O)c1c(CCC)nc2cc(C)ccn12. The summed E-state index contributed by atoms with van der Waals surface area (Å²) in [7, 11) is 0. The maximum atomic E-state index is 13.1. The van der Waals surface area contributed by atoms with Gasteiger partial charge in [0.2, 0.25) is 0 Å². The molecule has 0 saturated carbocycles. The zero-order valence-electron chi connectivity index (χ0n) is 15.6. The van der Waals surface area contributed by atoms with Crippen molar-refractivity contribution in [1.29, 1.82) is 0 Å². The fourth-order valence-corrected chi connectivity index (χ4v) is 2.94. The summed E-state index contributed by atoms with van der Waals surface area (Å²) in [5, 5.41) is 3.00. The number of anilines is 1. The van der Waals surface area contributed by atoms with Crippen LogP contribution in [-0.4, -0.2) is 21.9 Å². The molecule has 0 aliphatic carbocycles. The van der Waals surface area contributed by atoms with Crippen molar-refractivity contribution in [1.82, 2.24) is 9.38 Å². The Hall–Kier alpha value is -2.82. The smallest absolute Gasteiger partial charge is 0.274 e. The van der Waals surface area contributed by atoms with Gasteiger partial charge in [0, 0.05) is 6.20 Å². The molecule has 0 unspecified atom stereocenters. The van der Waals surface area contributed by atoms with Crippen molar-refractivity contribution in [3.05, 3.63) is 59.5 Å². The molecule has 0 saturated heterocycles. The molecule has 2 heterocycles. The number of benzene rings is 1. The number of carbonyl (C=O) groups excluding carboxylic acids is 1. The first-order valence-electron chi connectivity index (χ1n) is 9.14. The fourth-order valence-electron chi connectivity index (χ4n) is 2.94. The molecule has 0 bridgehead atoms. The molecule has 136 valence electrons. The molecule has 0 aliphatic heterocycles. The maximum absolute atomic E-state index is 13.1. The highest BCUT2D eigenvalue weighted by Crippen LogP contribution is 2.25. The third-order valence-electron chi connectivity index (χ3n) is 4.15. The van der Waals surface area contributed by atoms with Crippen LogP contribution in [0.1, 0.15) is 48.4 Å². The van der Waals surface area contributed by atoms with Crippen molar-refractivity contribution in [2.75, 3.05) is 11.9 Å². The summed E-state index contributed by atoms with van der Waals surface area (Å²) in [6.45, 7) is 6.78. The van der Waals surface area contributed by atoms with Crippen LogP contribution in [0.4, 0.5) is 5.69 Å². The molecule has 3 rings (SSSR count). The topological polar surface area (TPSA) is 55.6 Å². The van der Waals surface area contributed by atoms with Gasteiger partial charge < -0.3 is 10.1 Å². The van der Waals surface area contributed by atoms with Gasteiger partial charge in [0.05, 0.1) is 18.0 Å². The summed E-state index contributed by atoms with van der Waals surface area (Å²) in [6.07, 6.45) is 4.51. The molecule has 5 nitrogen and oxygen atoms in total. The van der Waals surface area contributed by atoms with Crippen LogP contribution in [0.3, 0.4) is 0 Å². The minimum absolute atomic E-state index is 0.169. The molecule has 5 heteroatoms. The van der Waals surface area contributed by atoms with Gasteiger partial charge >= 0.3 is 0 Å². The van der Waals surface area contributed by atoms with E-state index in [1.807, 2.05) is 53.9 Å². The third kappa shape index (κ3) is 3.72. The molecule has 1 amide bonds. The zero-order chi connectivity index (χ0) is 18.5. The number of nitrogens with one attached hydrogen (secondary N) is 1. The van der Waals surface area contributed by atoms with Gasteiger partial charge in [-0.1, -0.05) is 32.4 Å². The summed E-state index contributed by atoms with van der Waals surface area (Å²) in [5.74, 6) is 0.516. The number of hydrogen-bond donors (Lipinski definition) is 1. The number of fused-ring (bicyclic) bond motifs is 1. The highest BCUT2D eigenvalue weighted by atomic mass is 16.5. The highest BCUT2D eigenvalue weighted by Gasteiger charge is 2.20. The summed E-state index contributed by atoms with van der Waals surface area (Å²) < 4.78 is 7.61. The molecule has 26 heavy (non-hydrogen) atoms. The molecule has 1 N–H and O–H groups in total. The van der Waals surface area contributed by atoms with Gasteiger partial charge in [-0.15, -0.1) is 0 Å². The van der Waals surface area contributed by atoms with Crippen molar-refractivity contribution in [3.8, 4) is 5.75 Å². The molecule has 0 atom stereocenters. The van der Waals surface area contributed by atoms with Crippen LogP contribution in [0.15, 0.2) is 42.6 Å². The van der Waals surface area contributed by atoms with E-state index in [0.29, 0.717) is 23.7 Å². The number of para-hydroxylation sites is 2. The normalized spacial score (nSPS) is 10.9. The Labute approximate surface area is 154 Å². The number of amides is 1. The monoisotopic (exact) mass is 351 g/mol. The highest BCUT2D eigenvalue weighted by molar-refractivity contribution is 6.05. The first-order chi connectivity index (χ1) is 12.6. The Morgan fingerprint density at radius 3 is 2.77 bits per heavy atom. The van der Waals surface area contributed by atoms with E-state index in [4.69, 9.17) is 4.74 Å². The summed E-state index contributed by atoms with van der Waals surface area (Å²) in [6, 6.07) is 11.5. The van der Waals surface area contributed by atoms with Crippen LogP contribution in [-0.2, 0) is 6.42 Å². The van der Waals surface area contributed by atoms with Crippen LogP contribution >= 0.6 is 0 Å². The van der Waals surface area contributed by atoms with Gasteiger partial charge in [-0.3, -0.25) is 9.20 Å². The molecule has 0 radical (unpaired) electrons. The number of ether oxygens (including phenoxy) is 1. The molecule has 0 fully saturated rings. The van der Waals surface area contributed by atoms with Gasteiger partial charge in [-0.05, 0) is 49.6 Å². The van der Waals surface area contributed by atoms with Crippen molar-refractivity contribution in [2.24, 2.45) is 0 Å². The number of imidazole rings is 1. The van der Waals surface area contributed by atoms with E-state index in [1.54, 1.807) is 0 Å². The molecular formula is C21H25N3O2. The van der Waals surface area contributed by atoms with Crippen molar-refractivity contribution < 1.29 is 9.53 Å². The average Bonchev–Trinajstić information content (AvgIpc) is 2.98. The standard InChI is InChI=1S/C21H25N3O2/c1-4-8-17-20(24-12-11-15(3)14-19(24)22-17)21(25)23-16-9-6-7-10-18(16)26-13-5-2/h6-7,9-12,14H,4-5,8,13H2,1-3H3,(H,23,25). The van der Waals surface area contributed by atoms with Crippen molar-refractivity contribution in [2.45, 2.75) is 40.0 Å². The van der Waals surface area contributed by atoms with Crippen molar-refractivity contribution in [3.63, 3.8) is 0 Å². The van der Waals surface area contributed by atoms with E-state index in [0.717, 1.165) is 36.2 Å². The lowest BCUT2D eigenvalue weighted by molar-refractivity contribution is 0.102. The quantitative estimate of drug-likeness (QED) is 0.675. The van der Waals surface area contributed by atoms with Crippen LogP contribution in [0.5, 0.6) is 5.75 Å². The Morgan fingerprint density at radius 2 is 2.00 bits per heavy atom. The summed E-state index contributed by atoms with van der Waals surface area (Å²) in [4.78, 5) is 17.7. The van der Waals surface area contributed by atoms with Gasteiger partial charge in [0.1, 0.15) is 17.1 Å². The molecule has 0 spiro atoms. The first kappa shape index (κ1) is 18.0. The Morgan fingerprint density at radius 1 is 1.19 bits per heavy atom. The lowest BCUT2D eigenvalue weighted by Crippen LogP contribution is -2.17. The van der Waals surface area contributed by atoms with Crippen LogP contribution < -0.4 is 10.1 Å². The minimum atomic E-state index is -0.169. The van der Waals surface area contributed by atoms with Crippen LogP contribution in [0, 0.1) is 6.92 Å². The largest absolute Gasteiger partial charge is 0.491 e. The van der Waals surface area contributed by atoms with E-state index in [-0.39, 0.29) is 5.91 Å². The van der Waals surface area contributed by atoms with Gasteiger partial charge in [0.25, 0.3) is 5.91 Å². The Balaban J connectivity index is 1.96. The molecule has 1 aromatic carbocycles. The second-order valence-electron chi connectivity index (χ2n) is 6.39. The number of carbonyl (C=O) groups is 1. The van der Waals surface area contributed by atoms with E-state index in [9.17, 15) is 4.79 Å². The Bertz CT molecular complexity index is 915. The van der Waals surface area contributed by atoms with Crippen LogP contribution in [0.2, 0.25) is 0 Å². The lowest BCUT2D eigenvalue weighted by atomic mass is 10.2. The zero-order valence-corrected chi connectivity index (χ0v) is 15.6. The molecular weight excluding hydrogens is 326 g/mol. The number of pyridine rings is 1. The average molecular weight is 351 g/mol. The second kappa shape index (κ2) is 8.04. The molecule has 3 aromatic rings. The number of hydrogen-bond acceptors (Lipinski definition) is 3. The number of aryl methyl sites for hydroxylation is 2. The fraction of sp³-hybridized carbons (Fsp3) is 0.333. The number of aromatic nitrogens is 2. The van der Waals surface area contributed by atoms with Gasteiger partial charge in [-0.25, -0.2) is 4.98 Å². The van der Waals surface area contributed by atoms with Gasteiger partial charge in [0.15, 0.2) is 0 Å². The van der Waals surface area contributed by atoms with E-state index in [1.165, 1.54) is 0 Å². The molecule has 0 aliphatic rings. The second-order valence-corrected chi connectivity index (χ2v) is 6.39. The third-order valence-corrected chi connectivity index (χ3v) is 4.15. The van der Waals surface area contributed by atoms with E-state index < -0.39 is 0 Å². The summed E-state index contributed by atoms with van der Waals surface area (Å²) in [5.41, 5.74) is 4.01. The number of nitrogens with zero attached hydrogens (tertiary/aromatic N) is 2. The predicted octanol–water partition coefficient (Wildman–Crippen LogP) is 4.64.